The van der Waals surface area contributed by atoms with E-state index in [-0.39, 0.29) is 11.2 Å². The van der Waals surface area contributed by atoms with Crippen molar-refractivity contribution in [1.29, 1.82) is 0 Å². The smallest absolute Gasteiger partial charge is 0.398 e. The molecule has 1 aliphatic rings. The monoisotopic (exact) mass is 280 g/mol. The third kappa shape index (κ3) is 3.24. The Morgan fingerprint density at radius 1 is 1.25 bits per heavy atom. The van der Waals surface area contributed by atoms with E-state index < -0.39 is 12.7 Å². The van der Waals surface area contributed by atoms with Gasteiger partial charge in [0.25, 0.3) is 0 Å². The lowest BCUT2D eigenvalue weighted by molar-refractivity contribution is 0.00578. The van der Waals surface area contributed by atoms with Gasteiger partial charge < -0.3 is 14.4 Å². The molecule has 2 rings (SSSR count). The average molecular weight is 280 g/mol. The highest BCUT2D eigenvalue weighted by Gasteiger charge is 2.52. The van der Waals surface area contributed by atoms with Crippen molar-refractivity contribution in [3.8, 4) is 0 Å². The molecule has 20 heavy (non-hydrogen) atoms. The molecule has 1 aromatic heterocycles. The molecule has 0 bridgehead atoms. The number of aryl methyl sites for hydroxylation is 1. The molecule has 0 spiro atoms. The lowest BCUT2D eigenvalue weighted by atomic mass is 9.85. The summed E-state index contributed by atoms with van der Waals surface area (Å²) >= 11 is 0. The number of nitrogens with zero attached hydrogens (tertiary/aromatic N) is 2. The normalized spacial score (nSPS) is 21.4. The molecule has 0 saturated carbocycles. The summed E-state index contributed by atoms with van der Waals surface area (Å²) in [6.07, 6.45) is 2.55. The molecule has 1 fully saturated rings. The Hall–Kier alpha value is -0.845. The van der Waals surface area contributed by atoms with Crippen LogP contribution in [0.1, 0.15) is 48.0 Å². The van der Waals surface area contributed by atoms with E-state index in [4.69, 9.17) is 9.31 Å². The van der Waals surface area contributed by atoms with E-state index >= 15 is 0 Å². The van der Waals surface area contributed by atoms with Gasteiger partial charge in [-0.05, 0) is 54.0 Å². The van der Waals surface area contributed by atoms with Crippen LogP contribution >= 0.6 is 0 Å². The zero-order valence-corrected chi connectivity index (χ0v) is 13.3. The summed E-state index contributed by atoms with van der Waals surface area (Å²) in [5.74, 6) is 0. The van der Waals surface area contributed by atoms with E-state index in [1.54, 1.807) is 13.8 Å². The highest BCUT2D eigenvalue weighted by molar-refractivity contribution is 6.61. The zero-order valence-electron chi connectivity index (χ0n) is 13.3. The van der Waals surface area contributed by atoms with E-state index in [1.807, 2.05) is 44.6 Å². The van der Waals surface area contributed by atoms with Crippen LogP contribution < -0.4 is 5.59 Å². The molecule has 1 aromatic rings. The van der Waals surface area contributed by atoms with Crippen LogP contribution in [0.3, 0.4) is 0 Å². The van der Waals surface area contributed by atoms with Gasteiger partial charge >= 0.3 is 7.12 Å². The van der Waals surface area contributed by atoms with Crippen LogP contribution in [-0.2, 0) is 15.9 Å². The summed E-state index contributed by atoms with van der Waals surface area (Å²) in [4.78, 5) is 0. The second kappa shape index (κ2) is 4.86. The van der Waals surface area contributed by atoms with Crippen molar-refractivity contribution in [2.45, 2.75) is 71.3 Å². The topological polar surface area (TPSA) is 56.5 Å². The van der Waals surface area contributed by atoms with Crippen molar-refractivity contribution in [1.82, 2.24) is 9.78 Å². The van der Waals surface area contributed by atoms with Crippen molar-refractivity contribution in [3.63, 3.8) is 0 Å². The highest BCUT2D eigenvalue weighted by Crippen LogP contribution is 2.36. The fourth-order valence-corrected chi connectivity index (χ4v) is 1.98. The standard InChI is InChI=1S/C14H25BN2O3/c1-12(2,18)8-10-17-9-7-11(16-17)15-19-13(3,4)14(5,6)20-15/h7,9,18H,8,10H2,1-6H3. The average Bonchev–Trinajstić information content (AvgIpc) is 2.79. The summed E-state index contributed by atoms with van der Waals surface area (Å²) in [6.45, 7) is 12.4. The fraction of sp³-hybridized carbons (Fsp3) is 0.786. The summed E-state index contributed by atoms with van der Waals surface area (Å²) in [5.41, 5.74) is -0.612. The predicted octanol–water partition coefficient (Wildman–Crippen LogP) is 1.34. The van der Waals surface area contributed by atoms with Gasteiger partial charge in [-0.2, -0.15) is 5.10 Å². The van der Waals surface area contributed by atoms with Gasteiger partial charge in [-0.3, -0.25) is 4.68 Å². The Bertz CT molecular complexity index is 461. The lowest BCUT2D eigenvalue weighted by Crippen LogP contribution is -2.41. The quantitative estimate of drug-likeness (QED) is 0.846. The molecule has 0 aromatic carbocycles. The summed E-state index contributed by atoms with van der Waals surface area (Å²) in [5, 5.41) is 14.2. The molecule has 6 heteroatoms. The van der Waals surface area contributed by atoms with E-state index in [9.17, 15) is 5.11 Å². The molecule has 5 nitrogen and oxygen atoms in total. The number of rotatable bonds is 4. The third-order valence-corrected chi connectivity index (χ3v) is 4.11. The minimum atomic E-state index is -0.684. The maximum atomic E-state index is 9.74. The second-order valence-corrected chi connectivity index (χ2v) is 7.15. The number of hydrogen-bond acceptors (Lipinski definition) is 4. The van der Waals surface area contributed by atoms with Crippen LogP contribution in [0.15, 0.2) is 12.3 Å². The van der Waals surface area contributed by atoms with E-state index in [0.717, 1.165) is 5.59 Å². The SMILES string of the molecule is CC(C)(O)CCn1ccc(B2OC(C)(C)C(C)(C)O2)n1. The number of aliphatic hydroxyl groups is 1. The van der Waals surface area contributed by atoms with Gasteiger partial charge in [0.1, 0.15) is 0 Å². The Balaban J connectivity index is 2.04. The summed E-state index contributed by atoms with van der Waals surface area (Å²) < 4.78 is 13.7. The first kappa shape index (κ1) is 15.5. The molecule has 2 heterocycles. The predicted molar refractivity (Wildman–Crippen MR) is 78.9 cm³/mol. The third-order valence-electron chi connectivity index (χ3n) is 4.11. The van der Waals surface area contributed by atoms with Crippen molar-refractivity contribution < 1.29 is 14.4 Å². The van der Waals surface area contributed by atoms with Crippen LogP contribution in [0.4, 0.5) is 0 Å². The van der Waals surface area contributed by atoms with Crippen molar-refractivity contribution in [3.05, 3.63) is 12.3 Å². The van der Waals surface area contributed by atoms with Crippen LogP contribution in [0, 0.1) is 0 Å². The van der Waals surface area contributed by atoms with Gasteiger partial charge in [0.05, 0.1) is 22.4 Å². The van der Waals surface area contributed by atoms with E-state index in [2.05, 4.69) is 5.10 Å². The molecule has 0 radical (unpaired) electrons. The number of hydrogen-bond donors (Lipinski definition) is 1. The van der Waals surface area contributed by atoms with Crippen LogP contribution in [0.5, 0.6) is 0 Å². The van der Waals surface area contributed by atoms with Crippen molar-refractivity contribution in [2.75, 3.05) is 0 Å². The van der Waals surface area contributed by atoms with Gasteiger partial charge in [-0.15, -0.1) is 0 Å². The van der Waals surface area contributed by atoms with Gasteiger partial charge in [0, 0.05) is 12.7 Å². The minimum Gasteiger partial charge on any atom is -0.398 e. The molecule has 1 saturated heterocycles. The van der Waals surface area contributed by atoms with E-state index in [1.165, 1.54) is 0 Å². The van der Waals surface area contributed by atoms with Crippen molar-refractivity contribution in [2.24, 2.45) is 0 Å². The summed E-state index contributed by atoms with van der Waals surface area (Å²) in [7, 11) is -0.427. The molecule has 0 unspecified atom stereocenters. The number of aromatic nitrogens is 2. The van der Waals surface area contributed by atoms with Crippen molar-refractivity contribution >= 4 is 12.7 Å². The molecular weight excluding hydrogens is 255 g/mol. The second-order valence-electron chi connectivity index (χ2n) is 7.15. The van der Waals surface area contributed by atoms with Gasteiger partial charge in [-0.25, -0.2) is 0 Å². The fourth-order valence-electron chi connectivity index (χ4n) is 1.98. The molecule has 112 valence electrons. The first-order chi connectivity index (χ1) is 9.00. The first-order valence-electron chi connectivity index (χ1n) is 7.12. The Kier molecular flexibility index (Phi) is 3.78. The molecule has 0 amide bonds. The Labute approximate surface area is 121 Å². The zero-order chi connectivity index (χ0) is 15.2. The first-order valence-corrected chi connectivity index (χ1v) is 7.12. The Morgan fingerprint density at radius 2 is 1.80 bits per heavy atom. The highest BCUT2D eigenvalue weighted by atomic mass is 16.7. The minimum absolute atomic E-state index is 0.353. The van der Waals surface area contributed by atoms with Crippen LogP contribution in [0.25, 0.3) is 0 Å². The lowest BCUT2D eigenvalue weighted by Gasteiger charge is -2.32. The van der Waals surface area contributed by atoms with Gasteiger partial charge in [-0.1, -0.05) is 0 Å². The molecule has 0 atom stereocenters. The largest absolute Gasteiger partial charge is 0.516 e. The molecule has 1 N–H and O–H groups in total. The maximum absolute atomic E-state index is 9.74. The van der Waals surface area contributed by atoms with Gasteiger partial charge in [0.2, 0.25) is 0 Å². The Morgan fingerprint density at radius 3 is 2.30 bits per heavy atom. The molecule has 0 aliphatic carbocycles. The van der Waals surface area contributed by atoms with Gasteiger partial charge in [0.15, 0.2) is 0 Å². The maximum Gasteiger partial charge on any atom is 0.516 e. The molecule has 1 aliphatic heterocycles. The van der Waals surface area contributed by atoms with E-state index in [0.29, 0.717) is 13.0 Å². The molecular formula is C14H25BN2O3. The van der Waals surface area contributed by atoms with Crippen LogP contribution in [0.2, 0.25) is 0 Å². The van der Waals surface area contributed by atoms with Crippen LogP contribution in [-0.4, -0.2) is 38.8 Å². The summed E-state index contributed by atoms with van der Waals surface area (Å²) in [6, 6.07) is 1.91.